The Morgan fingerprint density at radius 2 is 1.71 bits per heavy atom. The van der Waals surface area contributed by atoms with Crippen molar-refractivity contribution in [3.05, 3.63) is 35.4 Å². The third-order valence-electron chi connectivity index (χ3n) is 4.76. The molecule has 1 aromatic carbocycles. The molecule has 5 heteroatoms. The summed E-state index contributed by atoms with van der Waals surface area (Å²) in [5.41, 5.74) is -0.117. The van der Waals surface area contributed by atoms with Gasteiger partial charge in [0.15, 0.2) is 0 Å². The van der Waals surface area contributed by atoms with Gasteiger partial charge in [0.1, 0.15) is 11.6 Å². The minimum absolute atomic E-state index is 0.117. The zero-order valence-electron chi connectivity index (χ0n) is 11.9. The normalized spacial score (nSPS) is 25.5. The lowest BCUT2D eigenvalue weighted by molar-refractivity contribution is -0.130. The minimum Gasteiger partial charge on any atom is -0.342 e. The average molecular weight is 294 g/mol. The molecule has 0 spiro atoms. The number of carbonyl (C=O) groups is 1. The van der Waals surface area contributed by atoms with E-state index in [-0.39, 0.29) is 17.9 Å². The maximum atomic E-state index is 13.6. The van der Waals surface area contributed by atoms with Gasteiger partial charge in [0.05, 0.1) is 6.42 Å². The van der Waals surface area contributed by atoms with Crippen LogP contribution in [0.1, 0.15) is 18.4 Å². The van der Waals surface area contributed by atoms with E-state index in [1.165, 1.54) is 18.2 Å². The monoisotopic (exact) mass is 294 g/mol. The van der Waals surface area contributed by atoms with Crippen molar-refractivity contribution in [3.8, 4) is 0 Å². The van der Waals surface area contributed by atoms with Crippen molar-refractivity contribution in [1.82, 2.24) is 10.2 Å². The van der Waals surface area contributed by atoms with Crippen LogP contribution in [-0.4, -0.2) is 37.0 Å². The van der Waals surface area contributed by atoms with Gasteiger partial charge < -0.3 is 10.2 Å². The Hall–Kier alpha value is -1.49. The Kier molecular flexibility index (Phi) is 4.19. The lowest BCUT2D eigenvalue weighted by Gasteiger charge is -2.21. The van der Waals surface area contributed by atoms with Crippen molar-refractivity contribution in [2.45, 2.75) is 19.3 Å². The van der Waals surface area contributed by atoms with Crippen LogP contribution in [0.15, 0.2) is 18.2 Å². The molecular weight excluding hydrogens is 274 g/mol. The van der Waals surface area contributed by atoms with Gasteiger partial charge in [0, 0.05) is 18.7 Å². The van der Waals surface area contributed by atoms with E-state index in [2.05, 4.69) is 5.32 Å². The molecular formula is C16H20F2N2O. The van der Waals surface area contributed by atoms with Crippen LogP contribution < -0.4 is 5.32 Å². The SMILES string of the molecule is O=C(Cc1c(F)cccc1F)N1CC[C@@H]2CNC[C@@H]2CC1. The molecule has 3 rings (SSSR count). The highest BCUT2D eigenvalue weighted by molar-refractivity contribution is 5.79. The van der Waals surface area contributed by atoms with Crippen molar-refractivity contribution in [1.29, 1.82) is 0 Å². The fourth-order valence-corrected chi connectivity index (χ4v) is 3.43. The van der Waals surface area contributed by atoms with Crippen molar-refractivity contribution >= 4 is 5.91 Å². The maximum absolute atomic E-state index is 13.6. The number of rotatable bonds is 2. The van der Waals surface area contributed by atoms with Crippen LogP contribution in [0.25, 0.3) is 0 Å². The first kappa shape index (κ1) is 14.4. The molecule has 3 nitrogen and oxygen atoms in total. The fraction of sp³-hybridized carbons (Fsp3) is 0.562. The summed E-state index contributed by atoms with van der Waals surface area (Å²) in [6.07, 6.45) is 1.76. The topological polar surface area (TPSA) is 32.3 Å². The molecule has 1 amide bonds. The van der Waals surface area contributed by atoms with Gasteiger partial charge in [-0.3, -0.25) is 4.79 Å². The second-order valence-corrected chi connectivity index (χ2v) is 6.01. The van der Waals surface area contributed by atoms with Gasteiger partial charge in [-0.2, -0.15) is 0 Å². The Balaban J connectivity index is 1.65. The summed E-state index contributed by atoms with van der Waals surface area (Å²) in [5, 5.41) is 3.39. The largest absolute Gasteiger partial charge is 0.342 e. The molecule has 0 bridgehead atoms. The van der Waals surface area contributed by atoms with Gasteiger partial charge in [-0.15, -0.1) is 0 Å². The van der Waals surface area contributed by atoms with E-state index in [4.69, 9.17) is 0 Å². The van der Waals surface area contributed by atoms with E-state index >= 15 is 0 Å². The summed E-state index contributed by atoms with van der Waals surface area (Å²) >= 11 is 0. The van der Waals surface area contributed by atoms with Crippen LogP contribution in [0, 0.1) is 23.5 Å². The second kappa shape index (κ2) is 6.10. The highest BCUT2D eigenvalue weighted by atomic mass is 19.1. The summed E-state index contributed by atoms with van der Waals surface area (Å²) in [6, 6.07) is 3.72. The van der Waals surface area contributed by atoms with Crippen molar-refractivity contribution in [2.75, 3.05) is 26.2 Å². The first-order valence-corrected chi connectivity index (χ1v) is 7.56. The van der Waals surface area contributed by atoms with Gasteiger partial charge in [-0.25, -0.2) is 8.78 Å². The predicted molar refractivity (Wildman–Crippen MR) is 75.7 cm³/mol. The molecule has 2 heterocycles. The van der Waals surface area contributed by atoms with Crippen LogP contribution in [0.5, 0.6) is 0 Å². The van der Waals surface area contributed by atoms with Crippen molar-refractivity contribution in [2.24, 2.45) is 11.8 Å². The van der Waals surface area contributed by atoms with Crippen LogP contribution in [0.4, 0.5) is 8.78 Å². The number of carbonyl (C=O) groups excluding carboxylic acids is 1. The number of amides is 1. The summed E-state index contributed by atoms with van der Waals surface area (Å²) in [4.78, 5) is 14.1. The number of halogens is 2. The molecule has 2 saturated heterocycles. The van der Waals surface area contributed by atoms with Gasteiger partial charge in [0.2, 0.25) is 5.91 Å². The third-order valence-corrected chi connectivity index (χ3v) is 4.76. The summed E-state index contributed by atoms with van der Waals surface area (Å²) in [7, 11) is 0. The number of likely N-dealkylation sites (tertiary alicyclic amines) is 1. The predicted octanol–water partition coefficient (Wildman–Crippen LogP) is 1.97. The molecule has 0 radical (unpaired) electrons. The number of nitrogens with zero attached hydrogens (tertiary/aromatic N) is 1. The highest BCUT2D eigenvalue weighted by Gasteiger charge is 2.31. The van der Waals surface area contributed by atoms with Crippen molar-refractivity contribution in [3.63, 3.8) is 0 Å². The van der Waals surface area contributed by atoms with E-state index in [0.29, 0.717) is 24.9 Å². The minimum atomic E-state index is -0.640. The molecule has 2 aliphatic rings. The molecule has 114 valence electrons. The number of fused-ring (bicyclic) bond motifs is 1. The van der Waals surface area contributed by atoms with Gasteiger partial charge >= 0.3 is 0 Å². The lowest BCUT2D eigenvalue weighted by Crippen LogP contribution is -2.34. The van der Waals surface area contributed by atoms with Gasteiger partial charge in [-0.1, -0.05) is 6.07 Å². The van der Waals surface area contributed by atoms with E-state index in [1.807, 2.05) is 0 Å². The molecule has 2 aliphatic heterocycles. The Morgan fingerprint density at radius 1 is 1.14 bits per heavy atom. The molecule has 1 N–H and O–H groups in total. The van der Waals surface area contributed by atoms with E-state index in [1.54, 1.807) is 4.90 Å². The molecule has 21 heavy (non-hydrogen) atoms. The van der Waals surface area contributed by atoms with E-state index < -0.39 is 11.6 Å². The summed E-state index contributed by atoms with van der Waals surface area (Å²) in [5.74, 6) is -0.189. The van der Waals surface area contributed by atoms with Gasteiger partial charge in [-0.05, 0) is 49.9 Å². The van der Waals surface area contributed by atoms with Crippen LogP contribution in [-0.2, 0) is 11.2 Å². The molecule has 1 aromatic rings. The number of hydrogen-bond acceptors (Lipinski definition) is 2. The summed E-state index contributed by atoms with van der Waals surface area (Å²) < 4.78 is 27.3. The van der Waals surface area contributed by atoms with Crippen LogP contribution >= 0.6 is 0 Å². The smallest absolute Gasteiger partial charge is 0.227 e. The summed E-state index contributed by atoms with van der Waals surface area (Å²) in [6.45, 7) is 3.43. The standard InChI is InChI=1S/C16H20F2N2O/c17-14-2-1-3-15(18)13(14)8-16(21)20-6-4-11-9-19-10-12(11)5-7-20/h1-3,11-12,19H,4-10H2/t11-,12+. The van der Waals surface area contributed by atoms with Crippen molar-refractivity contribution < 1.29 is 13.6 Å². The molecule has 0 saturated carbocycles. The molecule has 0 aliphatic carbocycles. The number of benzene rings is 1. The van der Waals surface area contributed by atoms with Crippen LogP contribution in [0.2, 0.25) is 0 Å². The first-order chi connectivity index (χ1) is 10.1. The molecule has 0 unspecified atom stereocenters. The average Bonchev–Trinajstić information content (AvgIpc) is 2.81. The molecule has 2 atom stereocenters. The van der Waals surface area contributed by atoms with E-state index in [0.717, 1.165) is 25.9 Å². The van der Waals surface area contributed by atoms with Gasteiger partial charge in [0.25, 0.3) is 0 Å². The second-order valence-electron chi connectivity index (χ2n) is 6.01. The molecule has 2 fully saturated rings. The Bertz CT molecular complexity index is 501. The Labute approximate surface area is 123 Å². The first-order valence-electron chi connectivity index (χ1n) is 7.56. The Morgan fingerprint density at radius 3 is 2.29 bits per heavy atom. The third kappa shape index (κ3) is 3.07. The van der Waals surface area contributed by atoms with Crippen LogP contribution in [0.3, 0.4) is 0 Å². The lowest BCUT2D eigenvalue weighted by atomic mass is 9.92. The zero-order chi connectivity index (χ0) is 14.8. The quantitative estimate of drug-likeness (QED) is 0.904. The highest BCUT2D eigenvalue weighted by Crippen LogP contribution is 2.27. The van der Waals surface area contributed by atoms with E-state index in [9.17, 15) is 13.6 Å². The maximum Gasteiger partial charge on any atom is 0.227 e. The zero-order valence-corrected chi connectivity index (χ0v) is 11.9. The number of hydrogen-bond donors (Lipinski definition) is 1. The molecule has 0 aromatic heterocycles. The fourth-order valence-electron chi connectivity index (χ4n) is 3.43. The number of nitrogens with one attached hydrogen (secondary N) is 1.